The van der Waals surface area contributed by atoms with Crippen molar-refractivity contribution in [1.82, 2.24) is 20.3 Å². The van der Waals surface area contributed by atoms with Gasteiger partial charge in [-0.1, -0.05) is 63.8 Å². The lowest BCUT2D eigenvalue weighted by molar-refractivity contribution is 0.102. The highest BCUT2D eigenvalue weighted by Gasteiger charge is 2.15. The molecule has 1 heterocycles. The molecule has 0 fully saturated rings. The molecule has 0 bridgehead atoms. The fraction of sp³-hybridized carbons (Fsp3) is 0.462. The molecule has 33 heavy (non-hydrogen) atoms. The number of benzene rings is 2. The van der Waals surface area contributed by atoms with Crippen molar-refractivity contribution in [3.63, 3.8) is 0 Å². The second-order valence-electron chi connectivity index (χ2n) is 8.56. The van der Waals surface area contributed by atoms with Gasteiger partial charge < -0.3 is 10.6 Å². The van der Waals surface area contributed by atoms with E-state index in [2.05, 4.69) is 41.7 Å². The van der Waals surface area contributed by atoms with E-state index in [4.69, 9.17) is 0 Å². The van der Waals surface area contributed by atoms with Crippen LogP contribution in [0.2, 0.25) is 0 Å². The summed E-state index contributed by atoms with van der Waals surface area (Å²) in [5.74, 6) is 0.258. The largest absolute Gasteiger partial charge is 0.344 e. The van der Waals surface area contributed by atoms with Gasteiger partial charge in [-0.2, -0.15) is 4.68 Å². The van der Waals surface area contributed by atoms with Crippen LogP contribution in [0, 0.1) is 5.92 Å². The summed E-state index contributed by atoms with van der Waals surface area (Å²) < 4.78 is 1.26. The van der Waals surface area contributed by atoms with Crippen LogP contribution >= 0.6 is 0 Å². The van der Waals surface area contributed by atoms with Crippen LogP contribution in [0.1, 0.15) is 75.2 Å². The molecular weight excluding hydrogens is 414 g/mol. The number of anilines is 1. The molecule has 3 aromatic rings. The number of amides is 2. The molecule has 0 aliphatic heterocycles. The van der Waals surface area contributed by atoms with Crippen LogP contribution in [0.4, 0.5) is 10.5 Å². The summed E-state index contributed by atoms with van der Waals surface area (Å²) in [5, 5.41) is 14.0. The topological polar surface area (TPSA) is 88.9 Å². The predicted molar refractivity (Wildman–Crippen MR) is 133 cm³/mol. The normalized spacial score (nSPS) is 12.0. The van der Waals surface area contributed by atoms with Gasteiger partial charge in [-0.25, -0.2) is 4.79 Å². The first-order valence-electron chi connectivity index (χ1n) is 12.1. The second kappa shape index (κ2) is 12.1. The molecule has 2 aromatic carbocycles. The summed E-state index contributed by atoms with van der Waals surface area (Å²) in [5.41, 5.74) is 3.57. The highest BCUT2D eigenvalue weighted by molar-refractivity contribution is 6.05. The van der Waals surface area contributed by atoms with E-state index in [1.807, 2.05) is 24.3 Å². The van der Waals surface area contributed by atoms with Crippen LogP contribution in [0.5, 0.6) is 0 Å². The molecule has 2 N–H and O–H groups in total. The number of nitrogens with one attached hydrogen (secondary N) is 2. The molecule has 3 rings (SSSR count). The van der Waals surface area contributed by atoms with E-state index >= 15 is 0 Å². The van der Waals surface area contributed by atoms with E-state index in [1.54, 1.807) is 18.2 Å². The summed E-state index contributed by atoms with van der Waals surface area (Å²) in [4.78, 5) is 25.4. The molecule has 0 saturated carbocycles. The molecule has 176 valence electrons. The number of carbonyl (C=O) groups is 2. The Bertz CT molecular complexity index is 1060. The van der Waals surface area contributed by atoms with Gasteiger partial charge in [-0.15, -0.1) is 5.10 Å². The van der Waals surface area contributed by atoms with Crippen molar-refractivity contribution in [2.24, 2.45) is 5.92 Å². The minimum atomic E-state index is -0.307. The minimum Gasteiger partial charge on any atom is -0.336 e. The lowest BCUT2D eigenvalue weighted by Gasteiger charge is -2.15. The number of fused-ring (bicyclic) bond motifs is 1. The van der Waals surface area contributed by atoms with Crippen LogP contribution in [0.3, 0.4) is 0 Å². The highest BCUT2D eigenvalue weighted by atomic mass is 16.2. The van der Waals surface area contributed by atoms with Gasteiger partial charge >= 0.3 is 6.03 Å². The van der Waals surface area contributed by atoms with E-state index < -0.39 is 0 Å². The maximum Gasteiger partial charge on any atom is 0.344 e. The molecule has 7 heteroatoms. The predicted octanol–water partition coefficient (Wildman–Crippen LogP) is 5.80. The van der Waals surface area contributed by atoms with Crippen LogP contribution < -0.4 is 10.6 Å². The zero-order valence-corrected chi connectivity index (χ0v) is 19.9. The van der Waals surface area contributed by atoms with Gasteiger partial charge in [-0.3, -0.25) is 4.79 Å². The Labute approximate surface area is 195 Å². The highest BCUT2D eigenvalue weighted by Crippen LogP contribution is 2.19. The van der Waals surface area contributed by atoms with Gasteiger partial charge in [0.05, 0.1) is 0 Å². The third-order valence-electron chi connectivity index (χ3n) is 6.02. The Morgan fingerprint density at radius 2 is 1.76 bits per heavy atom. The molecule has 0 saturated heterocycles. The Balaban J connectivity index is 1.67. The number of carbonyl (C=O) groups excluding carboxylic acids is 2. The molecule has 0 radical (unpaired) electrons. The Kier molecular flexibility index (Phi) is 8.98. The van der Waals surface area contributed by atoms with Gasteiger partial charge in [0.2, 0.25) is 0 Å². The smallest absolute Gasteiger partial charge is 0.336 e. The molecule has 1 aromatic heterocycles. The van der Waals surface area contributed by atoms with Crippen LogP contribution in [0.25, 0.3) is 11.0 Å². The third kappa shape index (κ3) is 6.63. The molecule has 7 nitrogen and oxygen atoms in total. The molecule has 1 atom stereocenters. The standard InChI is InChI=1S/C26H35N5O2/c1-4-7-9-19(6-3)18-27-26(33)31-24-17-22(15-16-23(24)29-30-31)28-25(32)21-13-11-20(12-14-21)10-8-5-2/h11-17,19H,4-10,18H2,1-3H3,(H,27,33)(H,28,32). The lowest BCUT2D eigenvalue weighted by atomic mass is 9.99. The Hall–Kier alpha value is -3.22. The van der Waals surface area contributed by atoms with Gasteiger partial charge in [-0.05, 0) is 61.1 Å². The number of aryl methyl sites for hydroxylation is 1. The average Bonchev–Trinajstić information content (AvgIpc) is 3.26. The fourth-order valence-electron chi connectivity index (χ4n) is 3.80. The van der Waals surface area contributed by atoms with E-state index in [0.717, 1.165) is 44.9 Å². The van der Waals surface area contributed by atoms with Crippen LogP contribution in [0.15, 0.2) is 42.5 Å². The zero-order valence-electron chi connectivity index (χ0n) is 19.9. The molecular formula is C26H35N5O2. The van der Waals surface area contributed by atoms with Crippen molar-refractivity contribution < 1.29 is 9.59 Å². The van der Waals surface area contributed by atoms with Gasteiger partial charge in [0.25, 0.3) is 5.91 Å². The Morgan fingerprint density at radius 1 is 1.00 bits per heavy atom. The van der Waals surface area contributed by atoms with Crippen molar-refractivity contribution in [3.05, 3.63) is 53.6 Å². The fourth-order valence-corrected chi connectivity index (χ4v) is 3.80. The summed E-state index contributed by atoms with van der Waals surface area (Å²) in [6, 6.07) is 12.6. The van der Waals surface area contributed by atoms with Crippen molar-refractivity contribution in [3.8, 4) is 0 Å². The van der Waals surface area contributed by atoms with Crippen molar-refractivity contribution >= 4 is 28.7 Å². The first-order valence-corrected chi connectivity index (χ1v) is 12.1. The average molecular weight is 450 g/mol. The van der Waals surface area contributed by atoms with Gasteiger partial charge in [0.15, 0.2) is 0 Å². The van der Waals surface area contributed by atoms with Crippen LogP contribution in [-0.4, -0.2) is 33.5 Å². The molecule has 0 aliphatic carbocycles. The van der Waals surface area contributed by atoms with E-state index in [9.17, 15) is 9.59 Å². The number of rotatable bonds is 11. The third-order valence-corrected chi connectivity index (χ3v) is 6.02. The maximum absolute atomic E-state index is 12.7. The summed E-state index contributed by atoms with van der Waals surface area (Å²) >= 11 is 0. The lowest BCUT2D eigenvalue weighted by Crippen LogP contribution is -2.33. The van der Waals surface area contributed by atoms with Crippen LogP contribution in [-0.2, 0) is 6.42 Å². The van der Waals surface area contributed by atoms with Crippen molar-refractivity contribution in [2.45, 2.75) is 65.7 Å². The first-order chi connectivity index (χ1) is 16.0. The summed E-state index contributed by atoms with van der Waals surface area (Å²) in [6.07, 6.45) is 7.73. The first kappa shape index (κ1) is 24.4. The maximum atomic E-state index is 12.7. The van der Waals surface area contributed by atoms with E-state index in [-0.39, 0.29) is 11.9 Å². The number of hydrogen-bond donors (Lipinski definition) is 2. The molecule has 2 amide bonds. The van der Waals surface area contributed by atoms with Crippen molar-refractivity contribution in [2.75, 3.05) is 11.9 Å². The molecule has 0 spiro atoms. The van der Waals surface area contributed by atoms with Gasteiger partial charge in [0.1, 0.15) is 11.0 Å². The summed E-state index contributed by atoms with van der Waals surface area (Å²) in [6.45, 7) is 7.09. The monoisotopic (exact) mass is 449 g/mol. The van der Waals surface area contributed by atoms with Gasteiger partial charge in [0, 0.05) is 17.8 Å². The van der Waals surface area contributed by atoms with E-state index in [1.165, 1.54) is 10.2 Å². The second-order valence-corrected chi connectivity index (χ2v) is 8.56. The summed E-state index contributed by atoms with van der Waals surface area (Å²) in [7, 11) is 0. The van der Waals surface area contributed by atoms with Crippen molar-refractivity contribution in [1.29, 1.82) is 0 Å². The number of nitrogens with zero attached hydrogens (tertiary/aromatic N) is 3. The Morgan fingerprint density at radius 3 is 2.45 bits per heavy atom. The quantitative estimate of drug-likeness (QED) is 0.387. The SMILES string of the molecule is CCCCc1ccc(C(=O)Nc2ccc3nnn(C(=O)NCC(CC)CCCC)c3c2)cc1. The zero-order chi connectivity index (χ0) is 23.6. The molecule has 0 aliphatic rings. The molecule has 1 unspecified atom stereocenters. The minimum absolute atomic E-state index is 0.193. The number of hydrogen-bond acceptors (Lipinski definition) is 4. The number of unbranched alkanes of at least 4 members (excludes halogenated alkanes) is 2. The van der Waals surface area contributed by atoms with E-state index in [0.29, 0.717) is 34.7 Å². The number of aromatic nitrogens is 3.